The second-order valence-corrected chi connectivity index (χ2v) is 8.16. The number of rotatable bonds is 7. The second-order valence-electron chi connectivity index (χ2n) is 5.84. The molecule has 1 N–H and O–H groups in total. The van der Waals surface area contributed by atoms with Crippen LogP contribution in [0.4, 0.5) is 0 Å². The number of nitrogens with one attached hydrogen (secondary N) is 1. The second kappa shape index (κ2) is 7.70. The highest BCUT2D eigenvalue weighted by Gasteiger charge is 2.29. The van der Waals surface area contributed by atoms with Gasteiger partial charge in [0.25, 0.3) is 0 Å². The first-order valence-electron chi connectivity index (χ1n) is 8.06. The van der Waals surface area contributed by atoms with Crippen molar-refractivity contribution < 1.29 is 13.2 Å². The Morgan fingerprint density at radius 3 is 2.46 bits per heavy atom. The van der Waals surface area contributed by atoms with Crippen LogP contribution in [0.25, 0.3) is 11.0 Å². The quantitative estimate of drug-likeness (QED) is 0.774. The van der Waals surface area contributed by atoms with Crippen molar-refractivity contribution in [1.82, 2.24) is 15.3 Å². The number of hydrogen-bond donors (Lipinski definition) is 1. The van der Waals surface area contributed by atoms with E-state index in [1.54, 1.807) is 13.0 Å². The summed E-state index contributed by atoms with van der Waals surface area (Å²) < 4.78 is 25.1. The highest BCUT2D eigenvalue weighted by Crippen LogP contribution is 2.16. The monoisotopic (exact) mass is 349 g/mol. The van der Waals surface area contributed by atoms with Gasteiger partial charge >= 0.3 is 0 Å². The van der Waals surface area contributed by atoms with E-state index in [1.165, 1.54) is 6.92 Å². The first-order valence-corrected chi connectivity index (χ1v) is 9.78. The van der Waals surface area contributed by atoms with Crippen LogP contribution in [0.2, 0.25) is 0 Å². The summed E-state index contributed by atoms with van der Waals surface area (Å²) in [5.74, 6) is -0.756. The van der Waals surface area contributed by atoms with Gasteiger partial charge in [-0.15, -0.1) is 0 Å². The third-order valence-corrected chi connectivity index (χ3v) is 5.89. The van der Waals surface area contributed by atoms with E-state index in [0.717, 1.165) is 18.4 Å². The number of unbranched alkanes of at least 4 members (excludes halogenated alkanes) is 1. The number of hydrogen-bond acceptors (Lipinski definition) is 5. The third kappa shape index (κ3) is 4.29. The number of sulfone groups is 1. The zero-order chi connectivity index (χ0) is 17.7. The summed E-state index contributed by atoms with van der Waals surface area (Å²) in [6.07, 6.45) is 1.76. The number of fused-ring (bicyclic) bond motifs is 1. The molecule has 6 nitrogen and oxygen atoms in total. The summed E-state index contributed by atoms with van der Waals surface area (Å²) in [7, 11) is -3.66. The van der Waals surface area contributed by atoms with Crippen molar-refractivity contribution in [3.8, 4) is 0 Å². The van der Waals surface area contributed by atoms with Crippen LogP contribution in [-0.4, -0.2) is 36.1 Å². The molecule has 0 aliphatic heterocycles. The predicted molar refractivity (Wildman–Crippen MR) is 94.3 cm³/mol. The van der Waals surface area contributed by atoms with Crippen LogP contribution in [0.1, 0.15) is 38.1 Å². The van der Waals surface area contributed by atoms with Crippen LogP contribution in [0.15, 0.2) is 24.3 Å². The van der Waals surface area contributed by atoms with E-state index in [0.29, 0.717) is 23.4 Å². The van der Waals surface area contributed by atoms with Gasteiger partial charge in [0.15, 0.2) is 9.84 Å². The molecule has 0 spiro atoms. The molecule has 7 heteroatoms. The highest BCUT2D eigenvalue weighted by atomic mass is 32.2. The number of aromatic nitrogens is 2. The first-order chi connectivity index (χ1) is 11.3. The van der Waals surface area contributed by atoms with Gasteiger partial charge in [-0.25, -0.2) is 18.4 Å². The molecule has 0 fully saturated rings. The number of carbonyl (C=O) groups is 1. The summed E-state index contributed by atoms with van der Waals surface area (Å²) in [5.41, 5.74) is 2.33. The molecule has 0 saturated heterocycles. The van der Waals surface area contributed by atoms with Crippen molar-refractivity contribution in [3.63, 3.8) is 0 Å². The molecular weight excluding hydrogens is 326 g/mol. The lowest BCUT2D eigenvalue weighted by Gasteiger charge is -2.14. The molecule has 1 heterocycles. The lowest BCUT2D eigenvalue weighted by atomic mass is 10.2. The van der Waals surface area contributed by atoms with Crippen LogP contribution >= 0.6 is 0 Å². The average Bonchev–Trinajstić information content (AvgIpc) is 2.54. The van der Waals surface area contributed by atoms with Crippen molar-refractivity contribution in [2.75, 3.05) is 6.54 Å². The summed E-state index contributed by atoms with van der Waals surface area (Å²) in [6, 6.07) is 7.31. The minimum atomic E-state index is -3.66. The van der Waals surface area contributed by atoms with Crippen molar-refractivity contribution in [2.24, 2.45) is 0 Å². The van der Waals surface area contributed by atoms with E-state index < -0.39 is 21.0 Å². The van der Waals surface area contributed by atoms with Crippen molar-refractivity contribution >= 4 is 26.8 Å². The molecule has 0 saturated carbocycles. The van der Waals surface area contributed by atoms with Crippen LogP contribution in [0, 0.1) is 6.92 Å². The third-order valence-electron chi connectivity index (χ3n) is 3.92. The van der Waals surface area contributed by atoms with Crippen LogP contribution in [0.3, 0.4) is 0 Å². The molecular formula is C17H23N3O3S. The molecule has 0 radical (unpaired) electrons. The number of aryl methyl sites for hydroxylation is 1. The van der Waals surface area contributed by atoms with Gasteiger partial charge in [0.05, 0.1) is 28.2 Å². The van der Waals surface area contributed by atoms with Gasteiger partial charge in [0.2, 0.25) is 5.91 Å². The van der Waals surface area contributed by atoms with Crippen LogP contribution in [-0.2, 0) is 20.4 Å². The number of para-hydroxylation sites is 2. The molecule has 0 aliphatic carbocycles. The predicted octanol–water partition coefficient (Wildman–Crippen LogP) is 2.16. The lowest BCUT2D eigenvalue weighted by molar-refractivity contribution is -0.120. The maximum Gasteiger partial charge on any atom is 0.238 e. The van der Waals surface area contributed by atoms with E-state index in [-0.39, 0.29) is 5.75 Å². The molecule has 1 amide bonds. The van der Waals surface area contributed by atoms with E-state index in [4.69, 9.17) is 0 Å². The Morgan fingerprint density at radius 2 is 1.83 bits per heavy atom. The minimum absolute atomic E-state index is 0.293. The Hall–Kier alpha value is -2.02. The maximum absolute atomic E-state index is 12.5. The SMILES string of the molecule is CCCCNC(=O)C(C)S(=O)(=O)Cc1nc2ccccc2nc1C. The summed E-state index contributed by atoms with van der Waals surface area (Å²) in [6.45, 7) is 5.65. The van der Waals surface area contributed by atoms with Crippen LogP contribution in [0.5, 0.6) is 0 Å². The number of amides is 1. The molecule has 0 bridgehead atoms. The Morgan fingerprint density at radius 1 is 1.21 bits per heavy atom. The minimum Gasteiger partial charge on any atom is -0.355 e. The zero-order valence-electron chi connectivity index (χ0n) is 14.2. The van der Waals surface area contributed by atoms with Crippen molar-refractivity contribution in [2.45, 2.75) is 44.6 Å². The van der Waals surface area contributed by atoms with E-state index in [9.17, 15) is 13.2 Å². The van der Waals surface area contributed by atoms with Gasteiger partial charge in [-0.1, -0.05) is 25.5 Å². The Kier molecular flexibility index (Phi) is 5.88. The first kappa shape index (κ1) is 18.3. The zero-order valence-corrected chi connectivity index (χ0v) is 15.1. The molecule has 2 aromatic rings. The van der Waals surface area contributed by atoms with Gasteiger partial charge in [-0.3, -0.25) is 4.79 Å². The number of carbonyl (C=O) groups excluding carboxylic acids is 1. The fourth-order valence-electron chi connectivity index (χ4n) is 2.27. The Bertz CT molecular complexity index is 834. The van der Waals surface area contributed by atoms with Gasteiger partial charge in [-0.05, 0) is 32.4 Å². The maximum atomic E-state index is 12.5. The standard InChI is InChI=1S/C17H23N3O3S/c1-4-5-10-18-17(21)13(3)24(22,23)11-16-12(2)19-14-8-6-7-9-15(14)20-16/h6-9,13H,4-5,10-11H2,1-3H3,(H,18,21). The molecule has 1 atom stereocenters. The van der Waals surface area contributed by atoms with Gasteiger partial charge in [-0.2, -0.15) is 0 Å². The smallest absolute Gasteiger partial charge is 0.238 e. The van der Waals surface area contributed by atoms with E-state index in [2.05, 4.69) is 15.3 Å². The summed E-state index contributed by atoms with van der Waals surface area (Å²) in [4.78, 5) is 20.8. The van der Waals surface area contributed by atoms with E-state index in [1.807, 2.05) is 25.1 Å². The van der Waals surface area contributed by atoms with Crippen LogP contribution < -0.4 is 5.32 Å². The molecule has 1 unspecified atom stereocenters. The largest absolute Gasteiger partial charge is 0.355 e. The highest BCUT2D eigenvalue weighted by molar-refractivity contribution is 7.92. The molecule has 24 heavy (non-hydrogen) atoms. The summed E-state index contributed by atoms with van der Waals surface area (Å²) >= 11 is 0. The molecule has 130 valence electrons. The normalized spacial score (nSPS) is 13.0. The topological polar surface area (TPSA) is 89.0 Å². The lowest BCUT2D eigenvalue weighted by Crippen LogP contribution is -2.39. The van der Waals surface area contributed by atoms with Crippen molar-refractivity contribution in [1.29, 1.82) is 0 Å². The number of nitrogens with zero attached hydrogens (tertiary/aromatic N) is 2. The fraction of sp³-hybridized carbons (Fsp3) is 0.471. The molecule has 0 aliphatic rings. The average molecular weight is 349 g/mol. The summed E-state index contributed by atoms with van der Waals surface area (Å²) in [5, 5.41) is 1.56. The Labute approximate surface area is 142 Å². The van der Waals surface area contributed by atoms with Crippen molar-refractivity contribution in [3.05, 3.63) is 35.7 Å². The number of benzene rings is 1. The molecule has 2 rings (SSSR count). The van der Waals surface area contributed by atoms with Gasteiger partial charge < -0.3 is 5.32 Å². The Balaban J connectivity index is 2.19. The fourth-order valence-corrected chi connectivity index (χ4v) is 3.59. The molecule has 1 aromatic carbocycles. The molecule has 1 aromatic heterocycles. The van der Waals surface area contributed by atoms with E-state index >= 15 is 0 Å². The van der Waals surface area contributed by atoms with Gasteiger partial charge in [0.1, 0.15) is 5.25 Å². The van der Waals surface area contributed by atoms with Gasteiger partial charge in [0, 0.05) is 6.54 Å².